The third kappa shape index (κ3) is 3.63. The number of rotatable bonds is 6. The van der Waals surface area contributed by atoms with Crippen LogP contribution in [0.5, 0.6) is 5.75 Å². The van der Waals surface area contributed by atoms with E-state index in [0.717, 1.165) is 48.7 Å². The van der Waals surface area contributed by atoms with Crippen molar-refractivity contribution in [3.8, 4) is 5.75 Å². The van der Waals surface area contributed by atoms with E-state index in [1.54, 1.807) is 0 Å². The van der Waals surface area contributed by atoms with Gasteiger partial charge in [0.15, 0.2) is 0 Å². The predicted molar refractivity (Wildman–Crippen MR) is 125 cm³/mol. The Morgan fingerprint density at radius 3 is 2.48 bits per heavy atom. The molecule has 0 saturated heterocycles. The van der Waals surface area contributed by atoms with Gasteiger partial charge in [-0.1, -0.05) is 54.5 Å². The molecule has 0 N–H and O–H groups in total. The summed E-state index contributed by atoms with van der Waals surface area (Å²) in [6.07, 6.45) is 21.5. The van der Waals surface area contributed by atoms with Crippen LogP contribution in [0.3, 0.4) is 0 Å². The maximum atomic E-state index is 6.74. The van der Waals surface area contributed by atoms with Crippen LogP contribution in [-0.2, 0) is 4.74 Å². The molecule has 6 rings (SSSR count). The highest BCUT2D eigenvalue weighted by Crippen LogP contribution is 2.65. The van der Waals surface area contributed by atoms with Gasteiger partial charge in [-0.15, -0.1) is 0 Å². The minimum Gasteiger partial charge on any atom is -0.461 e. The number of fused-ring (bicyclic) bond motifs is 4. The van der Waals surface area contributed by atoms with E-state index in [-0.39, 0.29) is 6.29 Å². The van der Waals surface area contributed by atoms with Crippen molar-refractivity contribution in [3.63, 3.8) is 0 Å². The largest absolute Gasteiger partial charge is 0.461 e. The lowest BCUT2D eigenvalue weighted by atomic mass is 9.46. The molecule has 0 aromatic heterocycles. The number of allylic oxidation sites excluding steroid dienone is 7. The molecule has 1 aromatic rings. The Bertz CT molecular complexity index is 947. The Kier molecular flexibility index (Phi) is 5.14. The molecule has 0 spiro atoms. The van der Waals surface area contributed by atoms with Crippen LogP contribution in [0.15, 0.2) is 71.4 Å². The monoisotopic (exact) mass is 414 g/mol. The Balaban J connectivity index is 1.20. The molecule has 1 aromatic carbocycles. The van der Waals surface area contributed by atoms with Crippen LogP contribution >= 0.6 is 0 Å². The summed E-state index contributed by atoms with van der Waals surface area (Å²) in [5.74, 6) is 4.59. The lowest BCUT2D eigenvalue weighted by Crippen LogP contribution is -2.61. The molecule has 6 atom stereocenters. The summed E-state index contributed by atoms with van der Waals surface area (Å²) in [6.45, 7) is 2.12. The van der Waals surface area contributed by atoms with Gasteiger partial charge in [-0.05, 0) is 104 Å². The standard InChI is InChI=1S/C29H34O2/c1-19-10-16-23(17-11-19)30-29(31-27-18-26-24-8-5-9-25(24)28(26)27)22-14-12-21(13-15-22)20-6-3-2-4-7-20/h2-3,6,10-12,14,16-17,24-29H,4-5,7-9,13,15,18H2,1H3. The molecule has 3 saturated carbocycles. The van der Waals surface area contributed by atoms with E-state index >= 15 is 0 Å². The van der Waals surface area contributed by atoms with Crippen molar-refractivity contribution in [1.29, 1.82) is 0 Å². The van der Waals surface area contributed by atoms with Gasteiger partial charge in [0.05, 0.1) is 6.10 Å². The molecule has 0 amide bonds. The molecule has 0 radical (unpaired) electrons. The molecule has 5 aliphatic carbocycles. The first-order chi connectivity index (χ1) is 15.3. The van der Waals surface area contributed by atoms with E-state index in [0.29, 0.717) is 6.10 Å². The molecule has 0 heterocycles. The zero-order chi connectivity index (χ0) is 20.8. The fraction of sp³-hybridized carbons (Fsp3) is 0.517. The van der Waals surface area contributed by atoms with Crippen LogP contribution in [0.1, 0.15) is 56.9 Å². The van der Waals surface area contributed by atoms with Crippen molar-refractivity contribution < 1.29 is 9.47 Å². The number of ether oxygens (including phenoxy) is 2. The van der Waals surface area contributed by atoms with Gasteiger partial charge in [-0.25, -0.2) is 0 Å². The summed E-state index contributed by atoms with van der Waals surface area (Å²) >= 11 is 0. The maximum absolute atomic E-state index is 6.74. The topological polar surface area (TPSA) is 18.5 Å². The molecular formula is C29H34O2. The van der Waals surface area contributed by atoms with Crippen molar-refractivity contribution in [2.75, 3.05) is 0 Å². The lowest BCUT2D eigenvalue weighted by molar-refractivity contribution is -0.238. The fourth-order valence-electron chi connectivity index (χ4n) is 6.82. The Labute approximate surface area is 186 Å². The number of aryl methyl sites for hydroxylation is 1. The average Bonchev–Trinajstić information content (AvgIpc) is 3.20. The van der Waals surface area contributed by atoms with Crippen LogP contribution in [0.4, 0.5) is 0 Å². The molecule has 2 heteroatoms. The van der Waals surface area contributed by atoms with Gasteiger partial charge in [-0.2, -0.15) is 0 Å². The minimum absolute atomic E-state index is 0.257. The third-order valence-corrected chi connectivity index (χ3v) is 8.57. The number of benzene rings is 1. The molecule has 0 aliphatic heterocycles. The van der Waals surface area contributed by atoms with Crippen molar-refractivity contribution >= 4 is 0 Å². The normalized spacial score (nSPS) is 34.4. The Morgan fingerprint density at radius 2 is 1.71 bits per heavy atom. The zero-order valence-corrected chi connectivity index (χ0v) is 18.6. The summed E-state index contributed by atoms with van der Waals surface area (Å²) in [4.78, 5) is 0. The van der Waals surface area contributed by atoms with Crippen LogP contribution in [0, 0.1) is 30.6 Å². The van der Waals surface area contributed by atoms with Crippen molar-refractivity contribution in [2.24, 2.45) is 23.7 Å². The highest BCUT2D eigenvalue weighted by molar-refractivity contribution is 5.42. The zero-order valence-electron chi connectivity index (χ0n) is 18.6. The highest BCUT2D eigenvalue weighted by Gasteiger charge is 2.62. The van der Waals surface area contributed by atoms with Gasteiger partial charge in [0.2, 0.25) is 6.29 Å². The molecule has 5 aliphatic rings. The Morgan fingerprint density at radius 1 is 0.871 bits per heavy atom. The maximum Gasteiger partial charge on any atom is 0.223 e. The molecule has 31 heavy (non-hydrogen) atoms. The number of hydrogen-bond acceptors (Lipinski definition) is 2. The lowest BCUT2D eigenvalue weighted by Gasteiger charge is -2.61. The van der Waals surface area contributed by atoms with Crippen LogP contribution in [0.2, 0.25) is 0 Å². The van der Waals surface area contributed by atoms with Crippen LogP contribution < -0.4 is 4.74 Å². The summed E-state index contributed by atoms with van der Waals surface area (Å²) in [7, 11) is 0. The van der Waals surface area contributed by atoms with Crippen molar-refractivity contribution in [2.45, 2.75) is 70.7 Å². The second-order valence-corrected chi connectivity index (χ2v) is 10.3. The molecular weight excluding hydrogens is 380 g/mol. The second kappa shape index (κ2) is 8.13. The first kappa shape index (κ1) is 19.6. The smallest absolute Gasteiger partial charge is 0.223 e. The van der Waals surface area contributed by atoms with Crippen LogP contribution in [0.25, 0.3) is 0 Å². The molecule has 0 bridgehead atoms. The van der Waals surface area contributed by atoms with Gasteiger partial charge in [-0.3, -0.25) is 0 Å². The molecule has 2 nitrogen and oxygen atoms in total. The van der Waals surface area contributed by atoms with Gasteiger partial charge in [0.25, 0.3) is 0 Å². The van der Waals surface area contributed by atoms with Gasteiger partial charge in [0.1, 0.15) is 5.75 Å². The first-order valence-corrected chi connectivity index (χ1v) is 12.4. The van der Waals surface area contributed by atoms with E-state index < -0.39 is 0 Å². The van der Waals surface area contributed by atoms with E-state index in [9.17, 15) is 0 Å². The molecule has 3 fully saturated rings. The van der Waals surface area contributed by atoms with Gasteiger partial charge >= 0.3 is 0 Å². The van der Waals surface area contributed by atoms with E-state index in [1.165, 1.54) is 54.4 Å². The molecule has 162 valence electrons. The predicted octanol–water partition coefficient (Wildman–Crippen LogP) is 7.07. The van der Waals surface area contributed by atoms with Gasteiger partial charge < -0.3 is 9.47 Å². The van der Waals surface area contributed by atoms with E-state index in [2.05, 4.69) is 61.6 Å². The van der Waals surface area contributed by atoms with Crippen LogP contribution in [-0.4, -0.2) is 12.4 Å². The first-order valence-electron chi connectivity index (χ1n) is 12.4. The second-order valence-electron chi connectivity index (χ2n) is 10.3. The van der Waals surface area contributed by atoms with E-state index in [4.69, 9.17) is 9.47 Å². The summed E-state index contributed by atoms with van der Waals surface area (Å²) < 4.78 is 13.2. The van der Waals surface area contributed by atoms with Gasteiger partial charge in [0, 0.05) is 0 Å². The highest BCUT2D eigenvalue weighted by atomic mass is 16.7. The van der Waals surface area contributed by atoms with Crippen molar-refractivity contribution in [1.82, 2.24) is 0 Å². The quantitative estimate of drug-likeness (QED) is 0.463. The Hall–Kier alpha value is -2.06. The summed E-state index contributed by atoms with van der Waals surface area (Å²) in [5, 5.41) is 0. The van der Waals surface area contributed by atoms with Crippen molar-refractivity contribution in [3.05, 3.63) is 76.9 Å². The van der Waals surface area contributed by atoms with E-state index in [1.807, 2.05) is 0 Å². The molecule has 6 unspecified atom stereocenters. The third-order valence-electron chi connectivity index (χ3n) is 8.57. The fourth-order valence-corrected chi connectivity index (χ4v) is 6.82. The SMILES string of the molecule is Cc1ccc(OC(OC2CC3C4CCCC4C23)C2=CC=C(C3=CC=CCC3)CC2)cc1. The minimum atomic E-state index is -0.257. The summed E-state index contributed by atoms with van der Waals surface area (Å²) in [5.41, 5.74) is 5.53. The summed E-state index contributed by atoms with van der Waals surface area (Å²) in [6, 6.07) is 8.40. The number of hydrogen-bond donors (Lipinski definition) is 0. The average molecular weight is 415 g/mol.